The Kier molecular flexibility index (Phi) is 3.57. The number of benzene rings is 1. The highest BCUT2D eigenvalue weighted by molar-refractivity contribution is 5.95. The lowest BCUT2D eigenvalue weighted by Gasteiger charge is -2.15. The molecule has 1 N–H and O–H groups in total. The average Bonchev–Trinajstić information content (AvgIpc) is 2.98. The number of rotatable bonds is 1. The lowest BCUT2D eigenvalue weighted by atomic mass is 10.1. The predicted octanol–water partition coefficient (Wildman–Crippen LogP) is 2.31. The number of halogens is 1. The Morgan fingerprint density at radius 2 is 2.00 bits per heavy atom. The van der Waals surface area contributed by atoms with Gasteiger partial charge in [0.15, 0.2) is 0 Å². The third-order valence-corrected chi connectivity index (χ3v) is 3.46. The van der Waals surface area contributed by atoms with Crippen LogP contribution in [-0.4, -0.2) is 30.4 Å². The zero-order valence-corrected chi connectivity index (χ0v) is 10.6. The fourth-order valence-electron chi connectivity index (χ4n) is 2.54. The van der Waals surface area contributed by atoms with E-state index in [-0.39, 0.29) is 18.3 Å². The van der Waals surface area contributed by atoms with Crippen LogP contribution in [-0.2, 0) is 6.42 Å². The number of nitrogens with one attached hydrogen (secondary N) is 1. The van der Waals surface area contributed by atoms with Crippen molar-refractivity contribution in [2.45, 2.75) is 19.3 Å². The summed E-state index contributed by atoms with van der Waals surface area (Å²) in [6.45, 7) is 2.85. The number of hydrogen-bond acceptors (Lipinski definition) is 2. The van der Waals surface area contributed by atoms with Crippen LogP contribution in [0.25, 0.3) is 0 Å². The van der Waals surface area contributed by atoms with Gasteiger partial charge in [0.25, 0.3) is 5.91 Å². The monoisotopic (exact) mass is 252 g/mol. The van der Waals surface area contributed by atoms with Gasteiger partial charge in [-0.2, -0.15) is 0 Å². The molecule has 1 saturated heterocycles. The number of hydrogen-bond donors (Lipinski definition) is 1. The molecule has 1 fully saturated rings. The van der Waals surface area contributed by atoms with E-state index >= 15 is 0 Å². The fraction of sp³-hybridized carbons (Fsp3) is 0.462. The predicted molar refractivity (Wildman–Crippen MR) is 71.0 cm³/mol. The maximum atomic E-state index is 12.2. The molecular formula is C13H17ClN2O. The molecule has 0 bridgehead atoms. The highest BCUT2D eigenvalue weighted by Crippen LogP contribution is 2.24. The summed E-state index contributed by atoms with van der Waals surface area (Å²) in [6.07, 6.45) is 3.34. The number of fused-ring (bicyclic) bond motifs is 1. The Balaban J connectivity index is 0.00000108. The molecule has 2 aliphatic rings. The zero-order valence-electron chi connectivity index (χ0n) is 9.74. The van der Waals surface area contributed by atoms with Crippen molar-refractivity contribution in [2.24, 2.45) is 0 Å². The Bertz CT molecular complexity index is 427. The van der Waals surface area contributed by atoms with Gasteiger partial charge in [0.2, 0.25) is 0 Å². The summed E-state index contributed by atoms with van der Waals surface area (Å²) in [4.78, 5) is 14.1. The van der Waals surface area contributed by atoms with E-state index in [1.807, 2.05) is 17.0 Å². The summed E-state index contributed by atoms with van der Waals surface area (Å²) in [5, 5.41) is 3.31. The molecule has 3 nitrogen and oxygen atoms in total. The van der Waals surface area contributed by atoms with E-state index in [0.29, 0.717) is 0 Å². The average molecular weight is 253 g/mol. The number of nitrogens with zero attached hydrogens (tertiary/aromatic N) is 1. The number of carbonyl (C=O) groups excluding carboxylic acids is 1. The van der Waals surface area contributed by atoms with Gasteiger partial charge in [0.1, 0.15) is 0 Å². The molecule has 17 heavy (non-hydrogen) atoms. The summed E-state index contributed by atoms with van der Waals surface area (Å²) in [6, 6.07) is 6.03. The first-order valence-corrected chi connectivity index (χ1v) is 6.01. The molecule has 1 amide bonds. The van der Waals surface area contributed by atoms with Crippen LogP contribution in [0.5, 0.6) is 0 Å². The molecule has 4 heteroatoms. The van der Waals surface area contributed by atoms with Crippen LogP contribution >= 0.6 is 12.4 Å². The molecule has 0 aromatic heterocycles. The summed E-state index contributed by atoms with van der Waals surface area (Å²) in [7, 11) is 0. The molecule has 0 saturated carbocycles. The molecule has 0 spiro atoms. The second kappa shape index (κ2) is 4.96. The van der Waals surface area contributed by atoms with Gasteiger partial charge in [-0.25, -0.2) is 0 Å². The van der Waals surface area contributed by atoms with Crippen molar-refractivity contribution in [3.63, 3.8) is 0 Å². The van der Waals surface area contributed by atoms with Crippen molar-refractivity contribution in [1.29, 1.82) is 0 Å². The van der Waals surface area contributed by atoms with E-state index in [0.717, 1.165) is 44.5 Å². The minimum absolute atomic E-state index is 0. The maximum Gasteiger partial charge on any atom is 0.253 e. The van der Waals surface area contributed by atoms with Crippen molar-refractivity contribution in [2.75, 3.05) is 25.0 Å². The highest BCUT2D eigenvalue weighted by Gasteiger charge is 2.20. The van der Waals surface area contributed by atoms with Gasteiger partial charge in [0.05, 0.1) is 0 Å². The van der Waals surface area contributed by atoms with Gasteiger partial charge in [-0.15, -0.1) is 12.4 Å². The summed E-state index contributed by atoms with van der Waals surface area (Å²) in [5.74, 6) is 0.201. The van der Waals surface area contributed by atoms with Crippen LogP contribution in [0.15, 0.2) is 18.2 Å². The molecule has 0 aliphatic carbocycles. The third-order valence-electron chi connectivity index (χ3n) is 3.46. The van der Waals surface area contributed by atoms with Crippen LogP contribution in [0, 0.1) is 0 Å². The fourth-order valence-corrected chi connectivity index (χ4v) is 2.54. The van der Waals surface area contributed by atoms with E-state index < -0.39 is 0 Å². The highest BCUT2D eigenvalue weighted by atomic mass is 35.5. The first kappa shape index (κ1) is 12.2. The first-order valence-electron chi connectivity index (χ1n) is 6.01. The number of amides is 1. The minimum atomic E-state index is 0. The quantitative estimate of drug-likeness (QED) is 0.832. The molecule has 1 aromatic carbocycles. The molecule has 2 heterocycles. The van der Waals surface area contributed by atoms with Crippen molar-refractivity contribution in [3.05, 3.63) is 29.3 Å². The van der Waals surface area contributed by atoms with E-state index in [1.165, 1.54) is 11.3 Å². The first-order chi connectivity index (χ1) is 7.84. The molecular weight excluding hydrogens is 236 g/mol. The number of likely N-dealkylation sites (tertiary alicyclic amines) is 1. The Morgan fingerprint density at radius 3 is 2.76 bits per heavy atom. The van der Waals surface area contributed by atoms with Crippen molar-refractivity contribution >= 4 is 24.0 Å². The Labute approximate surface area is 108 Å². The van der Waals surface area contributed by atoms with Crippen LogP contribution in [0.3, 0.4) is 0 Å². The van der Waals surface area contributed by atoms with E-state index in [4.69, 9.17) is 0 Å². The standard InChI is InChI=1S/C13H16N2O.ClH/c16-13(15-7-1-2-8-15)11-3-4-12-10(9-11)5-6-14-12;/h3-4,9,14H,1-2,5-8H2;1H. The lowest BCUT2D eigenvalue weighted by molar-refractivity contribution is 0.0793. The molecule has 2 aliphatic heterocycles. The van der Waals surface area contributed by atoms with Crippen LogP contribution in [0.1, 0.15) is 28.8 Å². The van der Waals surface area contributed by atoms with Gasteiger partial charge in [-0.1, -0.05) is 0 Å². The third kappa shape index (κ3) is 2.25. The van der Waals surface area contributed by atoms with Crippen LogP contribution in [0.2, 0.25) is 0 Å². The number of anilines is 1. The molecule has 0 unspecified atom stereocenters. The topological polar surface area (TPSA) is 32.3 Å². The van der Waals surface area contributed by atoms with Crippen LogP contribution in [0.4, 0.5) is 5.69 Å². The van der Waals surface area contributed by atoms with Crippen molar-refractivity contribution in [3.8, 4) is 0 Å². The lowest BCUT2D eigenvalue weighted by Crippen LogP contribution is -2.27. The normalized spacial score (nSPS) is 17.3. The summed E-state index contributed by atoms with van der Waals surface area (Å²) >= 11 is 0. The van der Waals surface area contributed by atoms with E-state index in [9.17, 15) is 4.79 Å². The van der Waals surface area contributed by atoms with Gasteiger partial charge in [-0.3, -0.25) is 4.79 Å². The minimum Gasteiger partial charge on any atom is -0.384 e. The second-order valence-electron chi connectivity index (χ2n) is 4.55. The second-order valence-corrected chi connectivity index (χ2v) is 4.55. The molecule has 0 radical (unpaired) electrons. The van der Waals surface area contributed by atoms with Gasteiger partial charge >= 0.3 is 0 Å². The van der Waals surface area contributed by atoms with Gasteiger partial charge < -0.3 is 10.2 Å². The van der Waals surface area contributed by atoms with Gasteiger partial charge in [0, 0.05) is 30.9 Å². The molecule has 1 aromatic rings. The molecule has 92 valence electrons. The smallest absolute Gasteiger partial charge is 0.253 e. The summed E-state index contributed by atoms with van der Waals surface area (Å²) < 4.78 is 0. The Morgan fingerprint density at radius 1 is 1.24 bits per heavy atom. The summed E-state index contributed by atoms with van der Waals surface area (Å²) in [5.41, 5.74) is 3.33. The van der Waals surface area contributed by atoms with Gasteiger partial charge in [-0.05, 0) is 43.0 Å². The van der Waals surface area contributed by atoms with E-state index in [2.05, 4.69) is 11.4 Å². The molecule has 3 rings (SSSR count). The maximum absolute atomic E-state index is 12.2. The molecule has 0 atom stereocenters. The Hall–Kier alpha value is -1.22. The van der Waals surface area contributed by atoms with Crippen molar-refractivity contribution in [1.82, 2.24) is 4.90 Å². The zero-order chi connectivity index (χ0) is 11.0. The number of carbonyl (C=O) groups is 1. The van der Waals surface area contributed by atoms with Crippen molar-refractivity contribution < 1.29 is 4.79 Å². The van der Waals surface area contributed by atoms with Crippen LogP contribution < -0.4 is 5.32 Å². The SMILES string of the molecule is Cl.O=C(c1ccc2c(c1)CCN2)N1CCCC1. The largest absolute Gasteiger partial charge is 0.384 e. The van der Waals surface area contributed by atoms with E-state index in [1.54, 1.807) is 0 Å².